The topological polar surface area (TPSA) is 84.2 Å². The van der Waals surface area contributed by atoms with E-state index in [2.05, 4.69) is 10.4 Å². The van der Waals surface area contributed by atoms with E-state index in [0.717, 1.165) is 4.68 Å². The van der Waals surface area contributed by atoms with Gasteiger partial charge < -0.3 is 10.4 Å². The van der Waals surface area contributed by atoms with E-state index in [9.17, 15) is 22.8 Å². The zero-order chi connectivity index (χ0) is 16.4. The fourth-order valence-corrected chi connectivity index (χ4v) is 1.83. The Bertz CT molecular complexity index is 552. The summed E-state index contributed by atoms with van der Waals surface area (Å²) in [7, 11) is 0. The summed E-state index contributed by atoms with van der Waals surface area (Å²) in [5, 5.41) is 14.7. The molecule has 0 spiro atoms. The van der Waals surface area contributed by atoms with Crippen molar-refractivity contribution in [1.29, 1.82) is 0 Å². The van der Waals surface area contributed by atoms with E-state index in [1.807, 2.05) is 0 Å². The molecule has 0 fully saturated rings. The normalized spacial score (nSPS) is 13.0. The summed E-state index contributed by atoms with van der Waals surface area (Å²) in [4.78, 5) is 22.3. The summed E-state index contributed by atoms with van der Waals surface area (Å²) in [6, 6.07) is -1.07. The van der Waals surface area contributed by atoms with Gasteiger partial charge in [-0.3, -0.25) is 14.3 Å². The van der Waals surface area contributed by atoms with Gasteiger partial charge in [-0.05, 0) is 20.8 Å². The number of carbonyl (C=O) groups is 2. The Balaban J connectivity index is 2.85. The smallest absolute Gasteiger partial charge is 0.408 e. The number of carboxylic acids is 1. The van der Waals surface area contributed by atoms with Crippen LogP contribution in [0.15, 0.2) is 0 Å². The van der Waals surface area contributed by atoms with E-state index in [1.54, 1.807) is 0 Å². The second kappa shape index (κ2) is 6.15. The van der Waals surface area contributed by atoms with Gasteiger partial charge in [0.05, 0.1) is 12.1 Å². The summed E-state index contributed by atoms with van der Waals surface area (Å²) in [5.74, 6) is -1.77. The van der Waals surface area contributed by atoms with Gasteiger partial charge in [0.1, 0.15) is 12.6 Å². The van der Waals surface area contributed by atoms with Crippen LogP contribution in [0.5, 0.6) is 0 Å². The van der Waals surface area contributed by atoms with Gasteiger partial charge in [-0.25, -0.2) is 0 Å². The third-order valence-corrected chi connectivity index (χ3v) is 2.95. The largest absolute Gasteiger partial charge is 0.480 e. The van der Waals surface area contributed by atoms with Crippen LogP contribution in [0.3, 0.4) is 0 Å². The number of aromatic nitrogens is 2. The molecule has 1 amide bonds. The van der Waals surface area contributed by atoms with E-state index >= 15 is 0 Å². The molecule has 0 aliphatic rings. The lowest BCUT2D eigenvalue weighted by Gasteiger charge is -2.10. The minimum Gasteiger partial charge on any atom is -0.480 e. The molecular weight excluding hydrogens is 291 g/mol. The van der Waals surface area contributed by atoms with Gasteiger partial charge in [0.25, 0.3) is 0 Å². The maximum atomic E-state index is 12.4. The highest BCUT2D eigenvalue weighted by atomic mass is 19.4. The summed E-state index contributed by atoms with van der Waals surface area (Å²) < 4.78 is 37.9. The minimum atomic E-state index is -4.40. The van der Waals surface area contributed by atoms with Gasteiger partial charge in [0, 0.05) is 11.3 Å². The molecule has 1 rings (SSSR count). The first-order valence-electron chi connectivity index (χ1n) is 6.13. The number of hydrogen-bond donors (Lipinski definition) is 2. The van der Waals surface area contributed by atoms with Crippen LogP contribution >= 0.6 is 0 Å². The fraction of sp³-hybridized carbons (Fsp3) is 0.583. The predicted molar refractivity (Wildman–Crippen MR) is 66.7 cm³/mol. The Kier molecular flexibility index (Phi) is 4.97. The fourth-order valence-electron chi connectivity index (χ4n) is 1.83. The number of nitrogens with zero attached hydrogens (tertiary/aromatic N) is 2. The number of rotatable bonds is 5. The second-order valence-electron chi connectivity index (χ2n) is 4.73. The van der Waals surface area contributed by atoms with Crippen LogP contribution in [0.25, 0.3) is 0 Å². The zero-order valence-electron chi connectivity index (χ0n) is 11.8. The van der Waals surface area contributed by atoms with Crippen molar-refractivity contribution < 1.29 is 27.9 Å². The molecule has 1 aromatic heterocycles. The van der Waals surface area contributed by atoms with E-state index in [4.69, 9.17) is 5.11 Å². The number of halogens is 3. The molecule has 0 unspecified atom stereocenters. The monoisotopic (exact) mass is 307 g/mol. The van der Waals surface area contributed by atoms with Gasteiger partial charge in [0.2, 0.25) is 5.91 Å². The molecule has 0 saturated heterocycles. The molecule has 0 bridgehead atoms. The summed E-state index contributed by atoms with van der Waals surface area (Å²) in [6.07, 6.45) is -4.62. The van der Waals surface area contributed by atoms with Crippen molar-refractivity contribution in [3.63, 3.8) is 0 Å². The van der Waals surface area contributed by atoms with Gasteiger partial charge >= 0.3 is 12.1 Å². The van der Waals surface area contributed by atoms with Crippen molar-refractivity contribution in [2.75, 3.05) is 0 Å². The van der Waals surface area contributed by atoms with E-state index in [-0.39, 0.29) is 12.1 Å². The van der Waals surface area contributed by atoms with Gasteiger partial charge in [-0.1, -0.05) is 0 Å². The molecule has 9 heteroatoms. The van der Waals surface area contributed by atoms with Crippen LogP contribution in [-0.2, 0) is 22.6 Å². The Morgan fingerprint density at radius 3 is 2.43 bits per heavy atom. The van der Waals surface area contributed by atoms with Crippen molar-refractivity contribution in [2.45, 2.75) is 46.0 Å². The van der Waals surface area contributed by atoms with E-state index < -0.39 is 30.6 Å². The van der Waals surface area contributed by atoms with E-state index in [1.165, 1.54) is 20.8 Å². The zero-order valence-corrected chi connectivity index (χ0v) is 11.8. The highest BCUT2D eigenvalue weighted by molar-refractivity contribution is 5.84. The van der Waals surface area contributed by atoms with Crippen LogP contribution in [-0.4, -0.2) is 39.0 Å². The molecule has 6 nitrogen and oxygen atoms in total. The molecule has 1 aromatic rings. The Morgan fingerprint density at radius 2 is 1.95 bits per heavy atom. The predicted octanol–water partition coefficient (Wildman–Crippen LogP) is 1.19. The first kappa shape index (κ1) is 17.0. The third kappa shape index (κ3) is 4.76. The molecule has 0 aliphatic heterocycles. The van der Waals surface area contributed by atoms with Crippen LogP contribution in [0, 0.1) is 13.8 Å². The molecule has 0 aromatic carbocycles. The molecule has 0 aliphatic carbocycles. The number of aryl methyl sites for hydroxylation is 1. The van der Waals surface area contributed by atoms with Crippen molar-refractivity contribution in [3.8, 4) is 0 Å². The standard InChI is InChI=1S/C12H16F3N3O3/c1-6-9(4-10(19)16-7(2)11(20)21)8(3)18(17-6)5-12(13,14)15/h7H,4-5H2,1-3H3,(H,16,19)(H,20,21)/t7-/m1/s1. The summed E-state index contributed by atoms with van der Waals surface area (Å²) in [6.45, 7) is 3.01. The highest BCUT2D eigenvalue weighted by Gasteiger charge is 2.30. The molecular formula is C12H16F3N3O3. The third-order valence-electron chi connectivity index (χ3n) is 2.95. The molecule has 118 valence electrons. The maximum Gasteiger partial charge on any atom is 0.408 e. The number of aliphatic carboxylic acids is 1. The van der Waals surface area contributed by atoms with Gasteiger partial charge in [-0.15, -0.1) is 0 Å². The molecule has 2 N–H and O–H groups in total. The SMILES string of the molecule is Cc1nn(CC(F)(F)F)c(C)c1CC(=O)N[C@H](C)C(=O)O. The number of alkyl halides is 3. The lowest BCUT2D eigenvalue weighted by atomic mass is 10.1. The maximum absolute atomic E-state index is 12.4. The Morgan fingerprint density at radius 1 is 1.38 bits per heavy atom. The lowest BCUT2D eigenvalue weighted by Crippen LogP contribution is -2.39. The Labute approximate surface area is 118 Å². The number of carbonyl (C=O) groups excluding carboxylic acids is 1. The van der Waals surface area contributed by atoms with Crippen molar-refractivity contribution in [1.82, 2.24) is 15.1 Å². The molecule has 0 radical (unpaired) electrons. The van der Waals surface area contributed by atoms with Crippen molar-refractivity contribution in [2.24, 2.45) is 0 Å². The second-order valence-corrected chi connectivity index (χ2v) is 4.73. The van der Waals surface area contributed by atoms with Crippen molar-refractivity contribution >= 4 is 11.9 Å². The average Bonchev–Trinajstić information content (AvgIpc) is 2.54. The first-order valence-corrected chi connectivity index (χ1v) is 6.13. The summed E-state index contributed by atoms with van der Waals surface area (Å²) in [5.41, 5.74) is 0.923. The molecule has 1 atom stereocenters. The number of carboxylic acid groups (broad SMARTS) is 1. The average molecular weight is 307 g/mol. The quantitative estimate of drug-likeness (QED) is 0.856. The molecule has 1 heterocycles. The van der Waals surface area contributed by atoms with Crippen LogP contribution in [0.4, 0.5) is 13.2 Å². The number of nitrogens with one attached hydrogen (secondary N) is 1. The van der Waals surface area contributed by atoms with Gasteiger partial charge in [-0.2, -0.15) is 18.3 Å². The number of hydrogen-bond acceptors (Lipinski definition) is 3. The van der Waals surface area contributed by atoms with Crippen LogP contribution < -0.4 is 5.32 Å². The molecule has 21 heavy (non-hydrogen) atoms. The minimum absolute atomic E-state index is 0.215. The Hall–Kier alpha value is -2.06. The first-order chi connectivity index (χ1) is 9.51. The highest BCUT2D eigenvalue weighted by Crippen LogP contribution is 2.21. The van der Waals surface area contributed by atoms with E-state index in [0.29, 0.717) is 11.3 Å². The van der Waals surface area contributed by atoms with Gasteiger partial charge in [0.15, 0.2) is 0 Å². The number of amides is 1. The van der Waals surface area contributed by atoms with Crippen LogP contribution in [0.2, 0.25) is 0 Å². The van der Waals surface area contributed by atoms with Crippen LogP contribution in [0.1, 0.15) is 23.9 Å². The van der Waals surface area contributed by atoms with Crippen molar-refractivity contribution in [3.05, 3.63) is 17.0 Å². The lowest BCUT2D eigenvalue weighted by molar-refractivity contribution is -0.143. The summed E-state index contributed by atoms with van der Waals surface area (Å²) >= 11 is 0. The molecule has 0 saturated carbocycles.